The topological polar surface area (TPSA) is 129 Å². The summed E-state index contributed by atoms with van der Waals surface area (Å²) in [5.41, 5.74) is 15.4. The molecule has 0 aliphatic carbocycles. The fraction of sp³-hybridized carbons (Fsp3) is 0.143. The van der Waals surface area contributed by atoms with Crippen LogP contribution >= 0.6 is 11.9 Å². The molecule has 8 nitrogen and oxygen atoms in total. The smallest absolute Gasteiger partial charge is 0.264 e. The van der Waals surface area contributed by atoms with Crippen molar-refractivity contribution in [2.24, 2.45) is 0 Å². The third-order valence-corrected chi connectivity index (χ3v) is 5.66. The van der Waals surface area contributed by atoms with E-state index in [1.807, 2.05) is 30.4 Å². The fourth-order valence-electron chi connectivity index (χ4n) is 3.15. The van der Waals surface area contributed by atoms with Gasteiger partial charge in [0.05, 0.1) is 11.4 Å². The van der Waals surface area contributed by atoms with Crippen LogP contribution in [0.5, 0.6) is 5.75 Å². The predicted octanol–water partition coefficient (Wildman–Crippen LogP) is 2.24. The van der Waals surface area contributed by atoms with Crippen molar-refractivity contribution in [1.29, 1.82) is 5.41 Å². The summed E-state index contributed by atoms with van der Waals surface area (Å²) in [5, 5.41) is 11.8. The minimum absolute atomic E-state index is 0.0592. The van der Waals surface area contributed by atoms with Crippen LogP contribution in [-0.4, -0.2) is 31.8 Å². The van der Waals surface area contributed by atoms with Crippen molar-refractivity contribution in [1.82, 2.24) is 10.0 Å². The molecule has 0 atom stereocenters. The molecule has 2 heterocycles. The molecule has 7 N–H and O–H groups in total. The molecule has 0 spiro atoms. The molecule has 0 aromatic heterocycles. The maximum Gasteiger partial charge on any atom is 0.264 e. The maximum absolute atomic E-state index is 11.9. The lowest BCUT2D eigenvalue weighted by atomic mass is 9.98. The van der Waals surface area contributed by atoms with Crippen molar-refractivity contribution >= 4 is 40.6 Å². The van der Waals surface area contributed by atoms with Crippen molar-refractivity contribution in [3.63, 3.8) is 0 Å². The number of amides is 1. The summed E-state index contributed by atoms with van der Waals surface area (Å²) in [6.45, 7) is 0.637. The second kappa shape index (κ2) is 8.03. The number of nitrogens with one attached hydrogen (secondary N) is 3. The van der Waals surface area contributed by atoms with Crippen LogP contribution in [0.1, 0.15) is 5.56 Å². The largest absolute Gasteiger partial charge is 0.482 e. The zero-order chi connectivity index (χ0) is 21.3. The van der Waals surface area contributed by atoms with E-state index in [1.165, 1.54) is 11.9 Å². The molecule has 4 rings (SSSR count). The van der Waals surface area contributed by atoms with Gasteiger partial charge in [-0.1, -0.05) is 6.08 Å². The van der Waals surface area contributed by atoms with E-state index in [0.717, 1.165) is 22.0 Å². The van der Waals surface area contributed by atoms with E-state index in [-0.39, 0.29) is 12.5 Å². The summed E-state index contributed by atoms with van der Waals surface area (Å²) in [7, 11) is 1.74. The van der Waals surface area contributed by atoms with Crippen LogP contribution < -0.4 is 31.1 Å². The third kappa shape index (κ3) is 3.92. The number of hydrogen-bond acceptors (Lipinski definition) is 8. The van der Waals surface area contributed by atoms with Crippen LogP contribution in [0.15, 0.2) is 64.8 Å². The highest BCUT2D eigenvalue weighted by atomic mass is 32.2. The van der Waals surface area contributed by atoms with Crippen molar-refractivity contribution in [2.45, 2.75) is 4.90 Å². The zero-order valence-electron chi connectivity index (χ0n) is 16.4. The Balaban J connectivity index is 1.47. The highest BCUT2D eigenvalue weighted by Gasteiger charge is 2.22. The number of carbonyl (C=O) groups excluding carboxylic acids is 1. The van der Waals surface area contributed by atoms with Gasteiger partial charge in [0.25, 0.3) is 5.91 Å². The Labute approximate surface area is 178 Å². The molecule has 0 bridgehead atoms. The average Bonchev–Trinajstić information content (AvgIpc) is 2.76. The summed E-state index contributed by atoms with van der Waals surface area (Å²) in [5.74, 6) is 1.38. The highest BCUT2D eigenvalue weighted by molar-refractivity contribution is 7.97. The number of dihydropyridines is 1. The van der Waals surface area contributed by atoms with Gasteiger partial charge in [-0.15, -0.1) is 0 Å². The van der Waals surface area contributed by atoms with E-state index < -0.39 is 0 Å². The second-order valence-corrected chi connectivity index (χ2v) is 7.77. The molecule has 2 aromatic carbocycles. The van der Waals surface area contributed by atoms with Gasteiger partial charge in [0.2, 0.25) is 0 Å². The summed E-state index contributed by atoms with van der Waals surface area (Å²) in [6, 6.07) is 10.8. The molecule has 0 radical (unpaired) electrons. The first-order valence-electron chi connectivity index (χ1n) is 9.28. The summed E-state index contributed by atoms with van der Waals surface area (Å²) in [6.07, 6.45) is 3.79. The fourth-order valence-corrected chi connectivity index (χ4v) is 3.82. The van der Waals surface area contributed by atoms with Gasteiger partial charge in [-0.2, -0.15) is 0 Å². The molecule has 2 aromatic rings. The lowest BCUT2D eigenvalue weighted by molar-refractivity contribution is -0.120. The number of nitrogens with two attached hydrogens (primary N) is 2. The Kier molecular flexibility index (Phi) is 5.28. The van der Waals surface area contributed by atoms with E-state index >= 15 is 0 Å². The van der Waals surface area contributed by atoms with Crippen LogP contribution in [-0.2, 0) is 4.79 Å². The summed E-state index contributed by atoms with van der Waals surface area (Å²) < 4.78 is 8.72. The van der Waals surface area contributed by atoms with Gasteiger partial charge < -0.3 is 31.1 Å². The lowest BCUT2D eigenvalue weighted by Crippen LogP contribution is -2.35. The van der Waals surface area contributed by atoms with Gasteiger partial charge in [0, 0.05) is 41.0 Å². The van der Waals surface area contributed by atoms with Crippen LogP contribution in [0.3, 0.4) is 0 Å². The molecule has 2 aliphatic heterocycles. The molecule has 1 amide bonds. The van der Waals surface area contributed by atoms with Crippen LogP contribution in [0.2, 0.25) is 0 Å². The van der Waals surface area contributed by atoms with Crippen molar-refractivity contribution in [3.05, 3.63) is 65.5 Å². The Morgan fingerprint density at radius 1 is 1.27 bits per heavy atom. The Bertz CT molecular complexity index is 1090. The summed E-state index contributed by atoms with van der Waals surface area (Å²) in [4.78, 5) is 14.4. The number of nitrogens with zero attached hydrogens (tertiary/aromatic N) is 1. The number of benzene rings is 2. The molecule has 30 heavy (non-hydrogen) atoms. The molecule has 0 saturated carbocycles. The maximum atomic E-state index is 11.9. The van der Waals surface area contributed by atoms with Gasteiger partial charge in [0.1, 0.15) is 11.6 Å². The number of anilines is 3. The first-order chi connectivity index (χ1) is 14.4. The molecule has 0 unspecified atom stereocenters. The number of nitrogen functional groups attached to an aromatic ring is 2. The Morgan fingerprint density at radius 3 is 2.93 bits per heavy atom. The monoisotopic (exact) mass is 422 g/mol. The molecule has 154 valence electrons. The zero-order valence-corrected chi connectivity index (χ0v) is 17.2. The third-order valence-electron chi connectivity index (χ3n) is 4.85. The SMILES string of the molecule is CN1C(=O)COc2ccc(SNC3=CC(C(=N)c4cc(N)ccc4N)=CCN3)cc21. The number of fused-ring (bicyclic) bond motifs is 1. The highest BCUT2D eigenvalue weighted by Crippen LogP contribution is 2.34. The Hall–Kier alpha value is -3.59. The number of allylic oxidation sites excluding steroid dienone is 2. The molecule has 9 heteroatoms. The van der Waals surface area contributed by atoms with E-state index in [1.54, 1.807) is 30.1 Å². The summed E-state index contributed by atoms with van der Waals surface area (Å²) >= 11 is 1.40. The van der Waals surface area contributed by atoms with Gasteiger partial charge in [0.15, 0.2) is 6.61 Å². The second-order valence-electron chi connectivity index (χ2n) is 6.90. The van der Waals surface area contributed by atoms with Crippen molar-refractivity contribution in [2.75, 3.05) is 36.6 Å². The van der Waals surface area contributed by atoms with Gasteiger partial charge in [-0.25, -0.2) is 0 Å². The van der Waals surface area contributed by atoms with E-state index in [2.05, 4.69) is 10.0 Å². The molecule has 2 aliphatic rings. The van der Waals surface area contributed by atoms with Crippen LogP contribution in [0.4, 0.5) is 17.1 Å². The van der Waals surface area contributed by atoms with Gasteiger partial charge in [-0.05, 0) is 54.4 Å². The molecular formula is C21H22N6O2S. The Morgan fingerprint density at radius 2 is 2.10 bits per heavy atom. The first kappa shape index (κ1) is 19.7. The number of ether oxygens (including phenoxy) is 1. The molecule has 0 saturated heterocycles. The van der Waals surface area contributed by atoms with Crippen molar-refractivity contribution < 1.29 is 9.53 Å². The molecular weight excluding hydrogens is 400 g/mol. The normalized spacial score (nSPS) is 15.4. The van der Waals surface area contributed by atoms with E-state index in [9.17, 15) is 4.79 Å². The lowest BCUT2D eigenvalue weighted by Gasteiger charge is -2.26. The van der Waals surface area contributed by atoms with Crippen molar-refractivity contribution in [3.8, 4) is 5.75 Å². The minimum atomic E-state index is -0.0802. The minimum Gasteiger partial charge on any atom is -0.482 e. The van der Waals surface area contributed by atoms with Crippen LogP contribution in [0, 0.1) is 5.41 Å². The molecule has 0 fully saturated rings. The average molecular weight is 423 g/mol. The number of hydrogen-bond donors (Lipinski definition) is 5. The quantitative estimate of drug-likeness (QED) is 0.284. The van der Waals surface area contributed by atoms with Gasteiger partial charge >= 0.3 is 0 Å². The van der Waals surface area contributed by atoms with E-state index in [4.69, 9.17) is 21.6 Å². The van der Waals surface area contributed by atoms with Crippen LogP contribution in [0.25, 0.3) is 0 Å². The number of likely N-dealkylation sites (N-methyl/N-ethyl adjacent to an activating group) is 1. The number of carbonyl (C=O) groups is 1. The standard InChI is InChI=1S/C21H22N6O2S/c1-27-17-10-14(3-5-18(17)29-11-20(27)28)30-26-19-8-12(6-7-25-19)21(24)15-9-13(22)2-4-16(15)23/h2-6,8-10,24-26H,7,11,22-23H2,1H3. The predicted molar refractivity (Wildman–Crippen MR) is 121 cm³/mol. The van der Waals surface area contributed by atoms with Gasteiger partial charge in [-0.3, -0.25) is 10.2 Å². The van der Waals surface area contributed by atoms with E-state index in [0.29, 0.717) is 34.9 Å². The first-order valence-corrected chi connectivity index (χ1v) is 10.1. The number of rotatable bonds is 5.